The molecule has 1 aliphatic rings. The van der Waals surface area contributed by atoms with Gasteiger partial charge in [0.15, 0.2) is 0 Å². The number of benzene rings is 3. The first-order valence-corrected chi connectivity index (χ1v) is 12.2. The van der Waals surface area contributed by atoms with Gasteiger partial charge >= 0.3 is 0 Å². The molecule has 1 aliphatic heterocycles. The quantitative estimate of drug-likeness (QED) is 0.196. The SMILES string of the molecule is O=C1NN(c2ccccc2)C(=O)/C1=C\c1cc(I)c(OCc2ccc(Cl)cc2Cl)c(I)c1. The molecular weight excluding hydrogens is 677 g/mol. The number of anilines is 1. The molecule has 1 fully saturated rings. The largest absolute Gasteiger partial charge is 0.487 e. The number of hydrazine groups is 1. The van der Waals surface area contributed by atoms with Gasteiger partial charge < -0.3 is 4.74 Å². The number of hydrogen-bond acceptors (Lipinski definition) is 3. The van der Waals surface area contributed by atoms with Crippen LogP contribution in [0.15, 0.2) is 66.2 Å². The van der Waals surface area contributed by atoms with Crippen LogP contribution < -0.4 is 15.2 Å². The number of ether oxygens (including phenoxy) is 1. The third kappa shape index (κ3) is 5.05. The number of carbonyl (C=O) groups excluding carboxylic acids is 2. The summed E-state index contributed by atoms with van der Waals surface area (Å²) in [4.78, 5) is 25.2. The number of carbonyl (C=O) groups is 2. The number of hydrogen-bond donors (Lipinski definition) is 1. The fourth-order valence-electron chi connectivity index (χ4n) is 3.07. The lowest BCUT2D eigenvalue weighted by Gasteiger charge is -2.14. The molecule has 4 rings (SSSR count). The molecule has 1 saturated heterocycles. The van der Waals surface area contributed by atoms with E-state index < -0.39 is 11.8 Å². The molecular formula is C23H14Cl2I2N2O3. The number of rotatable bonds is 5. The monoisotopic (exact) mass is 690 g/mol. The summed E-state index contributed by atoms with van der Waals surface area (Å²) >= 11 is 16.5. The van der Waals surface area contributed by atoms with E-state index >= 15 is 0 Å². The number of nitrogens with one attached hydrogen (secondary N) is 1. The minimum atomic E-state index is -0.443. The Hall–Kier alpha value is -1.82. The average Bonchev–Trinajstić information content (AvgIpc) is 3.03. The van der Waals surface area contributed by atoms with Gasteiger partial charge in [-0.25, -0.2) is 5.01 Å². The first-order chi connectivity index (χ1) is 15.3. The Bertz CT molecular complexity index is 1230. The molecule has 32 heavy (non-hydrogen) atoms. The highest BCUT2D eigenvalue weighted by atomic mass is 127. The van der Waals surface area contributed by atoms with Crippen LogP contribution in [0, 0.1) is 7.14 Å². The molecule has 2 amide bonds. The second-order valence-corrected chi connectivity index (χ2v) is 9.98. The van der Waals surface area contributed by atoms with Crippen LogP contribution in [0.25, 0.3) is 6.08 Å². The zero-order valence-electron chi connectivity index (χ0n) is 16.2. The summed E-state index contributed by atoms with van der Waals surface area (Å²) in [5.41, 5.74) is 4.82. The molecule has 0 aromatic heterocycles. The fraction of sp³-hybridized carbons (Fsp3) is 0.0435. The molecule has 1 heterocycles. The smallest absolute Gasteiger partial charge is 0.282 e. The van der Waals surface area contributed by atoms with Gasteiger partial charge in [-0.1, -0.05) is 47.5 Å². The highest BCUT2D eigenvalue weighted by Gasteiger charge is 2.34. The van der Waals surface area contributed by atoms with Crippen LogP contribution in [0.1, 0.15) is 11.1 Å². The summed E-state index contributed by atoms with van der Waals surface area (Å²) in [6.45, 7) is 0.287. The third-order valence-corrected chi connectivity index (χ3v) is 6.81. The van der Waals surface area contributed by atoms with E-state index in [1.54, 1.807) is 42.5 Å². The van der Waals surface area contributed by atoms with Crippen LogP contribution in [-0.2, 0) is 16.2 Å². The molecule has 3 aromatic rings. The van der Waals surface area contributed by atoms with E-state index in [2.05, 4.69) is 50.6 Å². The lowest BCUT2D eigenvalue weighted by molar-refractivity contribution is -0.117. The Morgan fingerprint density at radius 2 is 1.66 bits per heavy atom. The Labute approximate surface area is 222 Å². The zero-order valence-corrected chi connectivity index (χ0v) is 22.1. The Morgan fingerprint density at radius 1 is 0.969 bits per heavy atom. The normalized spacial score (nSPS) is 14.8. The average molecular weight is 691 g/mol. The van der Waals surface area contributed by atoms with Crippen molar-refractivity contribution in [1.29, 1.82) is 0 Å². The minimum Gasteiger partial charge on any atom is -0.487 e. The zero-order chi connectivity index (χ0) is 22.8. The van der Waals surface area contributed by atoms with Crippen molar-refractivity contribution < 1.29 is 14.3 Å². The molecule has 0 atom stereocenters. The molecule has 0 spiro atoms. The van der Waals surface area contributed by atoms with Crippen molar-refractivity contribution in [2.75, 3.05) is 5.01 Å². The van der Waals surface area contributed by atoms with Gasteiger partial charge in [0, 0.05) is 15.6 Å². The molecule has 0 unspecified atom stereocenters. The predicted octanol–water partition coefficient (Wildman–Crippen LogP) is 6.24. The molecule has 0 radical (unpaired) electrons. The summed E-state index contributed by atoms with van der Waals surface area (Å²) in [5, 5.41) is 2.35. The molecule has 3 aromatic carbocycles. The highest BCUT2D eigenvalue weighted by molar-refractivity contribution is 14.1. The molecule has 0 aliphatic carbocycles. The van der Waals surface area contributed by atoms with Crippen molar-refractivity contribution in [3.63, 3.8) is 0 Å². The van der Waals surface area contributed by atoms with Gasteiger partial charge in [-0.05, 0) is 93.2 Å². The van der Waals surface area contributed by atoms with Crippen LogP contribution in [-0.4, -0.2) is 11.8 Å². The minimum absolute atomic E-state index is 0.0714. The van der Waals surface area contributed by atoms with Gasteiger partial charge in [0.25, 0.3) is 11.8 Å². The number of halogens is 4. The Balaban J connectivity index is 1.56. The van der Waals surface area contributed by atoms with Crippen LogP contribution in [0.2, 0.25) is 10.0 Å². The summed E-state index contributed by atoms with van der Waals surface area (Å²) < 4.78 is 7.69. The third-order valence-electron chi connectivity index (χ3n) is 4.62. The van der Waals surface area contributed by atoms with E-state index in [0.717, 1.165) is 18.3 Å². The number of para-hydroxylation sites is 1. The number of nitrogens with zero attached hydrogens (tertiary/aromatic N) is 1. The highest BCUT2D eigenvalue weighted by Crippen LogP contribution is 2.32. The Morgan fingerprint density at radius 3 is 2.31 bits per heavy atom. The molecule has 162 valence electrons. The summed E-state index contributed by atoms with van der Waals surface area (Å²) in [5.74, 6) is -0.141. The first kappa shape index (κ1) is 23.3. The van der Waals surface area contributed by atoms with Crippen molar-refractivity contribution in [2.24, 2.45) is 0 Å². The van der Waals surface area contributed by atoms with Crippen LogP contribution in [0.4, 0.5) is 5.69 Å². The number of amides is 2. The van der Waals surface area contributed by atoms with Crippen molar-refractivity contribution in [3.8, 4) is 5.75 Å². The van der Waals surface area contributed by atoms with Crippen LogP contribution >= 0.6 is 68.4 Å². The standard InChI is InChI=1S/C23H14Cl2I2N2O3/c24-15-7-6-14(18(25)11-15)12-32-21-19(26)9-13(10-20(21)27)8-17-22(30)28-29(23(17)31)16-4-2-1-3-5-16/h1-11H,12H2,(H,28,30)/b17-8-. The maximum absolute atomic E-state index is 12.8. The van der Waals surface area contributed by atoms with Crippen LogP contribution in [0.5, 0.6) is 5.75 Å². The first-order valence-electron chi connectivity index (χ1n) is 9.31. The summed E-state index contributed by atoms with van der Waals surface area (Å²) in [6.07, 6.45) is 1.59. The lowest BCUT2D eigenvalue weighted by atomic mass is 10.1. The van der Waals surface area contributed by atoms with Gasteiger partial charge in [0.2, 0.25) is 0 Å². The van der Waals surface area contributed by atoms with E-state index in [0.29, 0.717) is 21.5 Å². The van der Waals surface area contributed by atoms with E-state index in [4.69, 9.17) is 27.9 Å². The molecule has 9 heteroatoms. The molecule has 0 bridgehead atoms. The van der Waals surface area contributed by atoms with Crippen molar-refractivity contribution in [3.05, 3.63) is 94.5 Å². The van der Waals surface area contributed by atoms with Gasteiger partial charge in [0.05, 0.1) is 12.8 Å². The summed E-state index contributed by atoms with van der Waals surface area (Å²) in [6, 6.07) is 17.9. The van der Waals surface area contributed by atoms with Crippen molar-refractivity contribution in [1.82, 2.24) is 5.43 Å². The molecule has 5 nitrogen and oxygen atoms in total. The second kappa shape index (κ2) is 9.98. The van der Waals surface area contributed by atoms with E-state index in [9.17, 15) is 9.59 Å². The van der Waals surface area contributed by atoms with Gasteiger partial charge in [0.1, 0.15) is 17.9 Å². The molecule has 1 N–H and O–H groups in total. The maximum Gasteiger partial charge on any atom is 0.282 e. The Kier molecular flexibility index (Phi) is 7.28. The van der Waals surface area contributed by atoms with E-state index in [1.165, 1.54) is 5.01 Å². The van der Waals surface area contributed by atoms with Crippen molar-refractivity contribution >= 4 is 92.0 Å². The fourth-order valence-corrected chi connectivity index (χ4v) is 5.66. The van der Waals surface area contributed by atoms with E-state index in [1.807, 2.05) is 24.3 Å². The summed E-state index contributed by atoms with van der Waals surface area (Å²) in [7, 11) is 0. The van der Waals surface area contributed by atoms with Gasteiger partial charge in [-0.3, -0.25) is 15.0 Å². The van der Waals surface area contributed by atoms with Crippen molar-refractivity contribution in [2.45, 2.75) is 6.61 Å². The molecule has 0 saturated carbocycles. The van der Waals surface area contributed by atoms with Crippen LogP contribution in [0.3, 0.4) is 0 Å². The van der Waals surface area contributed by atoms with Gasteiger partial charge in [-0.15, -0.1) is 0 Å². The topological polar surface area (TPSA) is 58.6 Å². The predicted molar refractivity (Wildman–Crippen MR) is 143 cm³/mol. The second-order valence-electron chi connectivity index (χ2n) is 6.81. The van der Waals surface area contributed by atoms with E-state index in [-0.39, 0.29) is 12.2 Å². The lowest BCUT2D eigenvalue weighted by Crippen LogP contribution is -2.35. The maximum atomic E-state index is 12.8. The van der Waals surface area contributed by atoms with Gasteiger partial charge in [-0.2, -0.15) is 0 Å².